The van der Waals surface area contributed by atoms with Gasteiger partial charge in [0.05, 0.1) is 11.0 Å². The number of aliphatic hydroxyl groups is 1. The molecule has 1 aliphatic carbocycles. The van der Waals surface area contributed by atoms with Crippen molar-refractivity contribution in [3.05, 3.63) is 39.7 Å². The Bertz CT molecular complexity index is 503. The lowest BCUT2D eigenvalue weighted by atomic mass is 9.82. The molecule has 0 bridgehead atoms. The normalized spacial score (nSPS) is 24.0. The molecule has 1 aromatic rings. The van der Waals surface area contributed by atoms with Crippen LogP contribution in [-0.2, 0) is 4.79 Å². The number of carbonyl (C=O) groups excluding carboxylic acids is 1. The molecule has 1 N–H and O–H groups in total. The van der Waals surface area contributed by atoms with Crippen molar-refractivity contribution in [3.63, 3.8) is 0 Å². The van der Waals surface area contributed by atoms with Crippen LogP contribution in [0, 0.1) is 15.9 Å². The van der Waals surface area contributed by atoms with Crippen molar-refractivity contribution in [1.29, 1.82) is 0 Å². The summed E-state index contributed by atoms with van der Waals surface area (Å²) in [7, 11) is 0. The van der Waals surface area contributed by atoms with Crippen LogP contribution in [0.3, 0.4) is 0 Å². The van der Waals surface area contributed by atoms with Gasteiger partial charge in [0.2, 0.25) is 0 Å². The lowest BCUT2D eigenvalue weighted by Crippen LogP contribution is -2.28. The molecule has 2 atom stereocenters. The Labute approximate surface area is 102 Å². The first-order valence-electron chi connectivity index (χ1n) is 5.63. The fourth-order valence-corrected chi connectivity index (χ4v) is 2.23. The Balaban J connectivity index is 2.24. The summed E-state index contributed by atoms with van der Waals surface area (Å²) in [6.07, 6.45) is -0.0698. The van der Waals surface area contributed by atoms with Gasteiger partial charge in [-0.3, -0.25) is 14.9 Å². The van der Waals surface area contributed by atoms with Gasteiger partial charge in [-0.1, -0.05) is 0 Å². The minimum atomic E-state index is -0.956. The number of benzene rings is 1. The summed E-state index contributed by atoms with van der Waals surface area (Å²) in [6.45, 7) is 0. The molecule has 0 saturated heterocycles. The second-order valence-corrected chi connectivity index (χ2v) is 4.42. The van der Waals surface area contributed by atoms with Crippen molar-refractivity contribution < 1.29 is 19.2 Å². The molecular formula is C12H12FNO4. The molecule has 0 heterocycles. The number of nitro groups is 1. The van der Waals surface area contributed by atoms with Crippen molar-refractivity contribution in [3.8, 4) is 0 Å². The van der Waals surface area contributed by atoms with Gasteiger partial charge in [0.25, 0.3) is 5.69 Å². The first-order chi connectivity index (χ1) is 8.49. The maximum atomic E-state index is 13.7. The highest BCUT2D eigenvalue weighted by molar-refractivity contribution is 5.84. The Hall–Kier alpha value is -1.82. The number of rotatable bonds is 2. The fourth-order valence-electron chi connectivity index (χ4n) is 2.23. The smallest absolute Gasteiger partial charge is 0.272 e. The first kappa shape index (κ1) is 12.6. The summed E-state index contributed by atoms with van der Waals surface area (Å²) >= 11 is 0. The summed E-state index contributed by atoms with van der Waals surface area (Å²) < 4.78 is 13.7. The third kappa shape index (κ3) is 2.38. The SMILES string of the molecule is O=C1CC(c2ccc([N+](=O)[O-])cc2F)CCC1O. The topological polar surface area (TPSA) is 80.4 Å². The molecule has 6 heteroatoms. The maximum Gasteiger partial charge on any atom is 0.272 e. The zero-order valence-electron chi connectivity index (χ0n) is 9.51. The highest BCUT2D eigenvalue weighted by atomic mass is 19.1. The van der Waals surface area contributed by atoms with Crippen LogP contribution < -0.4 is 0 Å². The zero-order chi connectivity index (χ0) is 13.3. The van der Waals surface area contributed by atoms with E-state index in [0.29, 0.717) is 18.4 Å². The van der Waals surface area contributed by atoms with Crippen molar-refractivity contribution >= 4 is 11.5 Å². The molecule has 1 aliphatic rings. The minimum absolute atomic E-state index is 0.0793. The molecule has 0 radical (unpaired) electrons. The fraction of sp³-hybridized carbons (Fsp3) is 0.417. The number of nitro benzene ring substituents is 1. The van der Waals surface area contributed by atoms with Crippen LogP contribution in [-0.4, -0.2) is 21.9 Å². The number of carbonyl (C=O) groups is 1. The number of non-ortho nitro benzene ring substituents is 1. The molecule has 2 unspecified atom stereocenters. The predicted octanol–water partition coefficient (Wildman–Crippen LogP) is 1.93. The number of Topliss-reactive ketones (excluding diaryl/α,β-unsaturated/α-hetero) is 1. The molecule has 1 fully saturated rings. The highest BCUT2D eigenvalue weighted by Crippen LogP contribution is 2.33. The summed E-state index contributed by atoms with van der Waals surface area (Å²) in [5, 5.41) is 19.8. The molecule has 18 heavy (non-hydrogen) atoms. The van der Waals surface area contributed by atoms with Gasteiger partial charge in [0, 0.05) is 12.5 Å². The van der Waals surface area contributed by atoms with E-state index in [1.807, 2.05) is 0 Å². The van der Waals surface area contributed by atoms with E-state index >= 15 is 0 Å². The number of ketones is 1. The highest BCUT2D eigenvalue weighted by Gasteiger charge is 2.29. The van der Waals surface area contributed by atoms with E-state index in [1.54, 1.807) is 0 Å². The molecule has 0 amide bonds. The Morgan fingerprint density at radius 2 is 2.11 bits per heavy atom. The average molecular weight is 253 g/mol. The zero-order valence-corrected chi connectivity index (χ0v) is 9.51. The number of aliphatic hydroxyl groups excluding tert-OH is 1. The van der Waals surface area contributed by atoms with E-state index in [-0.39, 0.29) is 23.8 Å². The molecule has 0 aromatic heterocycles. The third-order valence-electron chi connectivity index (χ3n) is 3.24. The van der Waals surface area contributed by atoms with Crippen LogP contribution >= 0.6 is 0 Å². The number of hydrogen-bond donors (Lipinski definition) is 1. The summed E-state index contributed by atoms with van der Waals surface area (Å²) in [6, 6.07) is 3.45. The van der Waals surface area contributed by atoms with Gasteiger partial charge in [-0.15, -0.1) is 0 Å². The van der Waals surface area contributed by atoms with Gasteiger partial charge in [-0.25, -0.2) is 4.39 Å². The van der Waals surface area contributed by atoms with E-state index in [9.17, 15) is 24.4 Å². The molecule has 0 spiro atoms. The van der Waals surface area contributed by atoms with Crippen molar-refractivity contribution in [1.82, 2.24) is 0 Å². The van der Waals surface area contributed by atoms with E-state index in [4.69, 9.17) is 0 Å². The number of halogens is 1. The molecular weight excluding hydrogens is 241 g/mol. The van der Waals surface area contributed by atoms with Crippen molar-refractivity contribution in [2.24, 2.45) is 0 Å². The maximum absolute atomic E-state index is 13.7. The largest absolute Gasteiger partial charge is 0.385 e. The van der Waals surface area contributed by atoms with Gasteiger partial charge in [-0.05, 0) is 30.4 Å². The molecule has 0 aliphatic heterocycles. The van der Waals surface area contributed by atoms with Crippen LogP contribution in [0.25, 0.3) is 0 Å². The summed E-state index contributed by atoms with van der Waals surface area (Å²) in [5.74, 6) is -1.27. The minimum Gasteiger partial charge on any atom is -0.385 e. The van der Waals surface area contributed by atoms with Crippen LogP contribution in [0.15, 0.2) is 18.2 Å². The van der Waals surface area contributed by atoms with Crippen LogP contribution in [0.1, 0.15) is 30.7 Å². The number of nitrogens with zero attached hydrogens (tertiary/aromatic N) is 1. The van der Waals surface area contributed by atoms with Gasteiger partial charge < -0.3 is 5.11 Å². The van der Waals surface area contributed by atoms with Crippen molar-refractivity contribution in [2.75, 3.05) is 0 Å². The Kier molecular flexibility index (Phi) is 3.38. The average Bonchev–Trinajstić information content (AvgIpc) is 2.32. The van der Waals surface area contributed by atoms with Gasteiger partial charge >= 0.3 is 0 Å². The van der Waals surface area contributed by atoms with Crippen molar-refractivity contribution in [2.45, 2.75) is 31.3 Å². The van der Waals surface area contributed by atoms with Crippen LogP contribution in [0.5, 0.6) is 0 Å². The molecule has 1 aromatic carbocycles. The second kappa shape index (κ2) is 4.81. The quantitative estimate of drug-likeness (QED) is 0.645. The van der Waals surface area contributed by atoms with Gasteiger partial charge in [0.1, 0.15) is 11.9 Å². The summed E-state index contributed by atoms with van der Waals surface area (Å²) in [4.78, 5) is 21.2. The van der Waals surface area contributed by atoms with E-state index in [1.165, 1.54) is 12.1 Å². The lowest BCUT2D eigenvalue weighted by Gasteiger charge is -2.24. The van der Waals surface area contributed by atoms with E-state index < -0.39 is 16.8 Å². The van der Waals surface area contributed by atoms with Crippen LogP contribution in [0.2, 0.25) is 0 Å². The monoisotopic (exact) mass is 253 g/mol. The molecule has 96 valence electrons. The first-order valence-corrected chi connectivity index (χ1v) is 5.63. The predicted molar refractivity (Wildman–Crippen MR) is 60.7 cm³/mol. The third-order valence-corrected chi connectivity index (χ3v) is 3.24. The second-order valence-electron chi connectivity index (χ2n) is 4.42. The Morgan fingerprint density at radius 3 is 2.67 bits per heavy atom. The van der Waals surface area contributed by atoms with E-state index in [2.05, 4.69) is 0 Å². The standard InChI is InChI=1S/C12H12FNO4/c13-10-6-8(14(17)18)2-3-9(10)7-1-4-11(15)12(16)5-7/h2-3,6-7,11,15H,1,4-5H2. The van der Waals surface area contributed by atoms with Gasteiger partial charge in [-0.2, -0.15) is 0 Å². The van der Waals surface area contributed by atoms with Crippen LogP contribution in [0.4, 0.5) is 10.1 Å². The number of hydrogen-bond acceptors (Lipinski definition) is 4. The molecule has 5 nitrogen and oxygen atoms in total. The Morgan fingerprint density at radius 1 is 1.39 bits per heavy atom. The summed E-state index contributed by atoms with van der Waals surface area (Å²) in [5.41, 5.74) is -0.000675. The molecule has 2 rings (SSSR count). The molecule has 1 saturated carbocycles. The van der Waals surface area contributed by atoms with Gasteiger partial charge in [0.15, 0.2) is 5.78 Å². The van der Waals surface area contributed by atoms with E-state index in [0.717, 1.165) is 6.07 Å². The lowest BCUT2D eigenvalue weighted by molar-refractivity contribution is -0.385.